The van der Waals surface area contributed by atoms with E-state index in [1.807, 2.05) is 6.92 Å². The maximum Gasteiger partial charge on any atom is 0.325 e. The lowest BCUT2D eigenvalue weighted by Crippen LogP contribution is -2.50. The molecule has 2 atom stereocenters. The lowest BCUT2D eigenvalue weighted by atomic mass is 10.1. The van der Waals surface area contributed by atoms with Gasteiger partial charge in [0.2, 0.25) is 15.9 Å². The molecule has 1 aliphatic heterocycles. The quantitative estimate of drug-likeness (QED) is 0.595. The van der Waals surface area contributed by atoms with Gasteiger partial charge in [-0.2, -0.15) is 4.72 Å². The van der Waals surface area contributed by atoms with E-state index in [9.17, 15) is 22.8 Å². The van der Waals surface area contributed by atoms with E-state index in [2.05, 4.69) is 10.0 Å². The van der Waals surface area contributed by atoms with E-state index < -0.39 is 40.0 Å². The van der Waals surface area contributed by atoms with Gasteiger partial charge in [0.15, 0.2) is 6.10 Å². The van der Waals surface area contributed by atoms with Gasteiger partial charge in [0.25, 0.3) is 5.91 Å². The Bertz CT molecular complexity index is 1160. The third-order valence-corrected chi connectivity index (χ3v) is 6.67. The van der Waals surface area contributed by atoms with E-state index in [1.165, 1.54) is 24.0 Å². The third kappa shape index (κ3) is 5.58. The molecule has 3 rings (SSSR count). The highest BCUT2D eigenvalue weighted by atomic mass is 32.2. The Balaban J connectivity index is 1.74. The molecule has 0 unspecified atom stereocenters. The smallest absolute Gasteiger partial charge is 0.325 e. The van der Waals surface area contributed by atoms with Crippen molar-refractivity contribution in [2.24, 2.45) is 5.92 Å². The Kier molecular flexibility index (Phi) is 7.19. The number of rotatable bonds is 7. The Morgan fingerprint density at radius 2 is 1.70 bits per heavy atom. The average Bonchev–Trinajstić information content (AvgIpc) is 2.76. The minimum Gasteiger partial charge on any atom is -0.451 e. The zero-order valence-electron chi connectivity index (χ0n) is 18.9. The lowest BCUT2D eigenvalue weighted by Gasteiger charge is -2.31. The summed E-state index contributed by atoms with van der Waals surface area (Å²) < 4.78 is 33.3. The number of nitrogens with one attached hydrogen (secondary N) is 2. The maximum absolute atomic E-state index is 13.0. The molecule has 2 aromatic carbocycles. The van der Waals surface area contributed by atoms with Crippen LogP contribution in [0.5, 0.6) is 0 Å². The summed E-state index contributed by atoms with van der Waals surface area (Å²) in [5, 5.41) is 2.69. The number of hydrogen-bond donors (Lipinski definition) is 2. The normalized spacial score (nSPS) is 15.4. The molecule has 1 aliphatic rings. The van der Waals surface area contributed by atoms with E-state index in [1.54, 1.807) is 50.2 Å². The summed E-state index contributed by atoms with van der Waals surface area (Å²) in [5.41, 5.74) is 1.87. The number of fused-ring (bicyclic) bond motifs is 1. The summed E-state index contributed by atoms with van der Waals surface area (Å²) in [5.74, 6) is -2.28. The number of amides is 2. The number of hydrogen-bond acceptors (Lipinski definition) is 6. The van der Waals surface area contributed by atoms with Gasteiger partial charge in [0.1, 0.15) is 12.6 Å². The van der Waals surface area contributed by atoms with Gasteiger partial charge in [-0.3, -0.25) is 19.3 Å². The number of sulfonamides is 1. The first-order valence-electron chi connectivity index (χ1n) is 10.5. The summed E-state index contributed by atoms with van der Waals surface area (Å²) in [7, 11) is -3.99. The summed E-state index contributed by atoms with van der Waals surface area (Å²) >= 11 is 0. The predicted octanol–water partition coefficient (Wildman–Crippen LogP) is 2.21. The fraction of sp³-hybridized carbons (Fsp3) is 0.348. The van der Waals surface area contributed by atoms with Crippen LogP contribution in [0.2, 0.25) is 0 Å². The van der Waals surface area contributed by atoms with E-state index in [4.69, 9.17) is 4.74 Å². The number of nitrogens with zero attached hydrogens (tertiary/aromatic N) is 1. The van der Waals surface area contributed by atoms with Gasteiger partial charge in [-0.05, 0) is 44.0 Å². The first-order valence-corrected chi connectivity index (χ1v) is 12.0. The summed E-state index contributed by atoms with van der Waals surface area (Å²) in [4.78, 5) is 39.1. The maximum atomic E-state index is 13.0. The van der Waals surface area contributed by atoms with Crippen LogP contribution in [0, 0.1) is 12.8 Å². The molecule has 0 bridgehead atoms. The number of carbonyl (C=O) groups excluding carboxylic acids is 3. The molecule has 0 aliphatic carbocycles. The lowest BCUT2D eigenvalue weighted by molar-refractivity contribution is -0.156. The van der Waals surface area contributed by atoms with Gasteiger partial charge in [-0.25, -0.2) is 8.42 Å². The molecule has 0 saturated heterocycles. The van der Waals surface area contributed by atoms with Crippen molar-refractivity contribution in [3.8, 4) is 0 Å². The molecule has 0 spiro atoms. The van der Waals surface area contributed by atoms with Crippen molar-refractivity contribution >= 4 is 39.2 Å². The number of ether oxygens (including phenoxy) is 1. The van der Waals surface area contributed by atoms with Gasteiger partial charge in [-0.15, -0.1) is 0 Å². The number of carbonyl (C=O) groups is 3. The molecule has 176 valence electrons. The van der Waals surface area contributed by atoms with Crippen LogP contribution in [-0.4, -0.2) is 44.9 Å². The topological polar surface area (TPSA) is 122 Å². The summed E-state index contributed by atoms with van der Waals surface area (Å²) in [6.07, 6.45) is -1.23. The van der Waals surface area contributed by atoms with Crippen LogP contribution in [0.4, 0.5) is 11.4 Å². The molecule has 1 heterocycles. The van der Waals surface area contributed by atoms with Gasteiger partial charge < -0.3 is 10.1 Å². The second-order valence-electron chi connectivity index (χ2n) is 8.22. The second kappa shape index (κ2) is 9.72. The summed E-state index contributed by atoms with van der Waals surface area (Å²) in [6.45, 7) is 6.34. The molecule has 0 aromatic heterocycles. The molecule has 33 heavy (non-hydrogen) atoms. The monoisotopic (exact) mass is 473 g/mol. The fourth-order valence-corrected chi connectivity index (χ4v) is 4.69. The van der Waals surface area contributed by atoms with Crippen molar-refractivity contribution in [1.29, 1.82) is 0 Å². The molecule has 9 nitrogen and oxygen atoms in total. The second-order valence-corrected chi connectivity index (χ2v) is 9.94. The third-order valence-electron chi connectivity index (χ3n) is 5.21. The van der Waals surface area contributed by atoms with Crippen molar-refractivity contribution in [2.75, 3.05) is 16.8 Å². The minimum atomic E-state index is -3.99. The highest BCUT2D eigenvalue weighted by Crippen LogP contribution is 2.29. The van der Waals surface area contributed by atoms with E-state index in [-0.39, 0.29) is 17.3 Å². The van der Waals surface area contributed by atoms with E-state index >= 15 is 0 Å². The van der Waals surface area contributed by atoms with Gasteiger partial charge in [0.05, 0.1) is 16.3 Å². The highest BCUT2D eigenvalue weighted by molar-refractivity contribution is 7.89. The first kappa shape index (κ1) is 24.4. The fourth-order valence-electron chi connectivity index (χ4n) is 3.36. The van der Waals surface area contributed by atoms with Crippen LogP contribution >= 0.6 is 0 Å². The van der Waals surface area contributed by atoms with Crippen molar-refractivity contribution in [2.45, 2.75) is 44.7 Å². The number of para-hydroxylation sites is 2. The average molecular weight is 474 g/mol. The summed E-state index contributed by atoms with van der Waals surface area (Å²) in [6, 6.07) is 11.8. The molecule has 0 fully saturated rings. The van der Waals surface area contributed by atoms with Crippen molar-refractivity contribution in [1.82, 2.24) is 4.72 Å². The Labute approximate surface area is 193 Å². The highest BCUT2D eigenvalue weighted by Gasteiger charge is 2.35. The molecular formula is C23H27N3O6S. The minimum absolute atomic E-state index is 0.0200. The molecule has 10 heteroatoms. The zero-order valence-corrected chi connectivity index (χ0v) is 19.7. The zero-order chi connectivity index (χ0) is 24.3. The number of anilines is 2. The molecule has 2 amide bonds. The SMILES string of the molecule is Cc1ccc(S(=O)(=O)N[C@H](C(=O)O[C@H](C)C(=O)N2CC(=O)Nc3ccccc32)C(C)C)cc1. The number of benzene rings is 2. The largest absolute Gasteiger partial charge is 0.451 e. The first-order chi connectivity index (χ1) is 15.5. The Morgan fingerprint density at radius 3 is 2.33 bits per heavy atom. The van der Waals surface area contributed by atoms with Crippen LogP contribution in [0.1, 0.15) is 26.3 Å². The van der Waals surface area contributed by atoms with Crippen LogP contribution < -0.4 is 14.9 Å². The predicted molar refractivity (Wildman–Crippen MR) is 123 cm³/mol. The molecule has 2 aromatic rings. The number of aryl methyl sites for hydroxylation is 1. The van der Waals surface area contributed by atoms with Crippen molar-refractivity contribution in [3.05, 3.63) is 54.1 Å². The van der Waals surface area contributed by atoms with Gasteiger partial charge in [-0.1, -0.05) is 43.7 Å². The van der Waals surface area contributed by atoms with Crippen LogP contribution in [-0.2, 0) is 29.1 Å². The van der Waals surface area contributed by atoms with Crippen LogP contribution in [0.3, 0.4) is 0 Å². The Morgan fingerprint density at radius 1 is 1.06 bits per heavy atom. The van der Waals surface area contributed by atoms with Crippen molar-refractivity contribution < 1.29 is 27.5 Å². The van der Waals surface area contributed by atoms with Crippen LogP contribution in [0.25, 0.3) is 0 Å². The Hall–Kier alpha value is -3.24. The molecular weight excluding hydrogens is 446 g/mol. The van der Waals surface area contributed by atoms with Gasteiger partial charge in [0, 0.05) is 0 Å². The number of esters is 1. The van der Waals surface area contributed by atoms with Crippen LogP contribution in [0.15, 0.2) is 53.4 Å². The standard InChI is InChI=1S/C23H27N3O6S/c1-14(2)21(25-33(30,31)17-11-9-15(3)10-12-17)23(29)32-16(4)22(28)26-13-20(27)24-18-7-5-6-8-19(18)26/h5-12,14,16,21,25H,13H2,1-4H3,(H,24,27)/t16-,21+/m1/s1. The molecule has 2 N–H and O–H groups in total. The van der Waals surface area contributed by atoms with E-state index in [0.717, 1.165) is 5.56 Å². The molecule has 0 radical (unpaired) electrons. The van der Waals surface area contributed by atoms with Gasteiger partial charge >= 0.3 is 5.97 Å². The van der Waals surface area contributed by atoms with Crippen molar-refractivity contribution in [3.63, 3.8) is 0 Å². The van der Waals surface area contributed by atoms with E-state index in [0.29, 0.717) is 11.4 Å². The molecule has 0 saturated carbocycles.